The SMILES string of the molecule is O=[N+]([O-])c1cc(Nc2ncnc3sc4c(c23)CCC4)ccc1Cl. The summed E-state index contributed by atoms with van der Waals surface area (Å²) in [6.45, 7) is 0. The van der Waals surface area contributed by atoms with E-state index in [0.717, 1.165) is 29.5 Å². The lowest BCUT2D eigenvalue weighted by Crippen LogP contribution is -1.97. The molecular formula is C15H11ClN4O2S. The van der Waals surface area contributed by atoms with E-state index in [1.165, 1.54) is 28.9 Å². The van der Waals surface area contributed by atoms with Gasteiger partial charge in [-0.05, 0) is 37.0 Å². The molecule has 1 N–H and O–H groups in total. The Kier molecular flexibility index (Phi) is 3.39. The van der Waals surface area contributed by atoms with Crippen molar-refractivity contribution in [3.8, 4) is 0 Å². The second-order valence-corrected chi connectivity index (χ2v) is 6.80. The van der Waals surface area contributed by atoms with Crippen LogP contribution in [0.5, 0.6) is 0 Å². The van der Waals surface area contributed by atoms with Crippen molar-refractivity contribution in [2.24, 2.45) is 0 Å². The number of nitrogens with one attached hydrogen (secondary N) is 1. The lowest BCUT2D eigenvalue weighted by molar-refractivity contribution is -0.384. The maximum absolute atomic E-state index is 11.0. The maximum atomic E-state index is 11.0. The first-order valence-electron chi connectivity index (χ1n) is 7.09. The molecule has 0 unspecified atom stereocenters. The van der Waals surface area contributed by atoms with Crippen LogP contribution in [-0.4, -0.2) is 14.9 Å². The van der Waals surface area contributed by atoms with E-state index >= 15 is 0 Å². The van der Waals surface area contributed by atoms with Crippen molar-refractivity contribution in [1.82, 2.24) is 9.97 Å². The summed E-state index contributed by atoms with van der Waals surface area (Å²) in [5.74, 6) is 0.686. The van der Waals surface area contributed by atoms with Crippen molar-refractivity contribution >= 4 is 50.3 Å². The van der Waals surface area contributed by atoms with Crippen molar-refractivity contribution in [3.05, 3.63) is 50.1 Å². The monoisotopic (exact) mass is 346 g/mol. The number of halogens is 1. The molecule has 116 valence electrons. The first-order valence-corrected chi connectivity index (χ1v) is 8.29. The number of hydrogen-bond acceptors (Lipinski definition) is 6. The summed E-state index contributed by atoms with van der Waals surface area (Å²) in [5.41, 5.74) is 1.76. The molecule has 0 fully saturated rings. The van der Waals surface area contributed by atoms with Crippen LogP contribution in [0, 0.1) is 10.1 Å². The maximum Gasteiger partial charge on any atom is 0.289 e. The van der Waals surface area contributed by atoms with Crippen molar-refractivity contribution in [3.63, 3.8) is 0 Å². The minimum absolute atomic E-state index is 0.116. The van der Waals surface area contributed by atoms with Gasteiger partial charge < -0.3 is 5.32 Å². The fraction of sp³-hybridized carbons (Fsp3) is 0.200. The predicted octanol–water partition coefficient (Wildman–Crippen LogP) is 4.49. The first-order chi connectivity index (χ1) is 11.1. The molecule has 0 aliphatic heterocycles. The highest BCUT2D eigenvalue weighted by Gasteiger charge is 2.21. The number of aromatic nitrogens is 2. The fourth-order valence-electron chi connectivity index (χ4n) is 2.89. The van der Waals surface area contributed by atoms with Gasteiger partial charge in [0, 0.05) is 16.6 Å². The van der Waals surface area contributed by atoms with Gasteiger partial charge in [0.05, 0.1) is 10.3 Å². The number of nitro benzene ring substituents is 1. The highest BCUT2D eigenvalue weighted by Crippen LogP contribution is 2.40. The molecule has 4 rings (SSSR count). The molecule has 2 heterocycles. The van der Waals surface area contributed by atoms with Gasteiger partial charge in [0.15, 0.2) is 0 Å². The lowest BCUT2D eigenvalue weighted by Gasteiger charge is -2.08. The number of aryl methyl sites for hydroxylation is 2. The molecule has 3 aromatic rings. The smallest absolute Gasteiger partial charge is 0.289 e. The summed E-state index contributed by atoms with van der Waals surface area (Å²) in [5, 5.41) is 15.3. The minimum Gasteiger partial charge on any atom is -0.339 e. The van der Waals surface area contributed by atoms with E-state index in [1.807, 2.05) is 0 Å². The number of nitro groups is 1. The average Bonchev–Trinajstić information content (AvgIpc) is 3.09. The normalized spacial score (nSPS) is 13.3. The Balaban J connectivity index is 1.79. The van der Waals surface area contributed by atoms with Gasteiger partial charge in [0.25, 0.3) is 5.69 Å². The predicted molar refractivity (Wildman–Crippen MR) is 90.8 cm³/mol. The number of nitrogens with zero attached hydrogens (tertiary/aromatic N) is 3. The van der Waals surface area contributed by atoms with Crippen molar-refractivity contribution in [2.75, 3.05) is 5.32 Å². The Morgan fingerprint density at radius 2 is 2.17 bits per heavy atom. The topological polar surface area (TPSA) is 81.0 Å². The zero-order valence-corrected chi connectivity index (χ0v) is 13.4. The third-order valence-corrected chi connectivity index (χ3v) is 5.43. The quantitative estimate of drug-likeness (QED) is 0.558. The van der Waals surface area contributed by atoms with Crippen molar-refractivity contribution in [1.29, 1.82) is 0 Å². The highest BCUT2D eigenvalue weighted by atomic mass is 35.5. The van der Waals surface area contributed by atoms with Crippen LogP contribution in [0.2, 0.25) is 5.02 Å². The lowest BCUT2D eigenvalue weighted by atomic mass is 10.2. The van der Waals surface area contributed by atoms with Gasteiger partial charge in [-0.2, -0.15) is 0 Å². The standard InChI is InChI=1S/C15H11ClN4O2S/c16-10-5-4-8(6-11(10)20(21)22)19-14-13-9-2-1-3-12(9)23-15(13)18-7-17-14/h4-7H,1-3H2,(H,17,18,19). The third-order valence-electron chi connectivity index (χ3n) is 3.91. The fourth-order valence-corrected chi connectivity index (χ4v) is 4.31. The highest BCUT2D eigenvalue weighted by molar-refractivity contribution is 7.19. The number of fused-ring (bicyclic) bond motifs is 3. The Bertz CT molecular complexity index is 941. The molecule has 0 saturated carbocycles. The summed E-state index contributed by atoms with van der Waals surface area (Å²) < 4.78 is 0. The van der Waals surface area contributed by atoms with E-state index in [2.05, 4.69) is 15.3 Å². The van der Waals surface area contributed by atoms with E-state index < -0.39 is 4.92 Å². The van der Waals surface area contributed by atoms with Gasteiger partial charge in [-0.1, -0.05) is 11.6 Å². The van der Waals surface area contributed by atoms with Crippen LogP contribution in [0.3, 0.4) is 0 Å². The number of hydrogen-bond donors (Lipinski definition) is 1. The van der Waals surface area contributed by atoms with E-state index in [0.29, 0.717) is 11.5 Å². The number of rotatable bonds is 3. The van der Waals surface area contributed by atoms with Gasteiger partial charge in [-0.25, -0.2) is 9.97 Å². The van der Waals surface area contributed by atoms with Gasteiger partial charge in [-0.15, -0.1) is 11.3 Å². The Labute approximate surface area is 140 Å². The molecule has 0 saturated heterocycles. The Morgan fingerprint density at radius 3 is 3.00 bits per heavy atom. The molecule has 1 aliphatic carbocycles. The van der Waals surface area contributed by atoms with Gasteiger partial charge in [0.2, 0.25) is 0 Å². The summed E-state index contributed by atoms with van der Waals surface area (Å²) >= 11 is 7.56. The first kappa shape index (κ1) is 14.3. The van der Waals surface area contributed by atoms with Crippen LogP contribution >= 0.6 is 22.9 Å². The summed E-state index contributed by atoms with van der Waals surface area (Å²) in [6, 6.07) is 4.64. The van der Waals surface area contributed by atoms with Crippen molar-refractivity contribution in [2.45, 2.75) is 19.3 Å². The second kappa shape index (κ2) is 5.43. The van der Waals surface area contributed by atoms with Crippen LogP contribution in [0.4, 0.5) is 17.2 Å². The van der Waals surface area contributed by atoms with Gasteiger partial charge in [-0.3, -0.25) is 10.1 Å². The van der Waals surface area contributed by atoms with Gasteiger partial charge >= 0.3 is 0 Å². The largest absolute Gasteiger partial charge is 0.339 e. The number of anilines is 2. The molecule has 6 nitrogen and oxygen atoms in total. The molecule has 8 heteroatoms. The number of benzene rings is 1. The van der Waals surface area contributed by atoms with Crippen LogP contribution in [0.25, 0.3) is 10.2 Å². The molecule has 1 aromatic carbocycles. The Morgan fingerprint density at radius 1 is 1.30 bits per heavy atom. The minimum atomic E-state index is -0.495. The van der Waals surface area contributed by atoms with Gasteiger partial charge in [0.1, 0.15) is 22.0 Å². The summed E-state index contributed by atoms with van der Waals surface area (Å²) in [4.78, 5) is 21.5. The number of thiophene rings is 1. The molecule has 1 aliphatic rings. The third kappa shape index (κ3) is 2.42. The zero-order valence-electron chi connectivity index (χ0n) is 11.9. The van der Waals surface area contributed by atoms with E-state index in [9.17, 15) is 10.1 Å². The van der Waals surface area contributed by atoms with Crippen molar-refractivity contribution < 1.29 is 4.92 Å². The van der Waals surface area contributed by atoms with E-state index in [4.69, 9.17) is 11.6 Å². The van der Waals surface area contributed by atoms with E-state index in [-0.39, 0.29) is 10.7 Å². The van der Waals surface area contributed by atoms with Crippen LogP contribution < -0.4 is 5.32 Å². The summed E-state index contributed by atoms with van der Waals surface area (Å²) in [7, 11) is 0. The zero-order chi connectivity index (χ0) is 16.0. The second-order valence-electron chi connectivity index (χ2n) is 5.31. The van der Waals surface area contributed by atoms with Crippen LogP contribution in [-0.2, 0) is 12.8 Å². The van der Waals surface area contributed by atoms with Crippen LogP contribution in [0.1, 0.15) is 16.9 Å². The van der Waals surface area contributed by atoms with E-state index in [1.54, 1.807) is 17.4 Å². The molecular weight excluding hydrogens is 336 g/mol. The molecule has 0 radical (unpaired) electrons. The molecule has 2 aromatic heterocycles. The molecule has 0 bridgehead atoms. The average molecular weight is 347 g/mol. The summed E-state index contributed by atoms with van der Waals surface area (Å²) in [6.07, 6.45) is 4.78. The molecule has 0 amide bonds. The van der Waals surface area contributed by atoms with Crippen LogP contribution in [0.15, 0.2) is 24.5 Å². The Hall–Kier alpha value is -2.25. The molecule has 0 atom stereocenters. The molecule has 0 spiro atoms. The molecule has 23 heavy (non-hydrogen) atoms.